The highest BCUT2D eigenvalue weighted by atomic mass is 32.1. The van der Waals surface area contributed by atoms with Gasteiger partial charge < -0.3 is 4.52 Å². The Labute approximate surface area is 114 Å². The molecule has 3 rings (SSSR count). The van der Waals surface area contributed by atoms with Gasteiger partial charge >= 0.3 is 0 Å². The molecule has 0 aliphatic carbocycles. The van der Waals surface area contributed by atoms with Gasteiger partial charge in [0.15, 0.2) is 5.82 Å². The van der Waals surface area contributed by atoms with Gasteiger partial charge in [-0.3, -0.25) is 4.68 Å². The van der Waals surface area contributed by atoms with Crippen molar-refractivity contribution in [1.29, 1.82) is 0 Å². The van der Waals surface area contributed by atoms with E-state index in [4.69, 9.17) is 4.52 Å². The lowest BCUT2D eigenvalue weighted by molar-refractivity contribution is 0.419. The van der Waals surface area contributed by atoms with Crippen LogP contribution in [0.5, 0.6) is 0 Å². The monoisotopic (exact) mass is 275 g/mol. The fourth-order valence-electron chi connectivity index (χ4n) is 1.89. The molecule has 3 aromatic heterocycles. The zero-order chi connectivity index (χ0) is 13.4. The van der Waals surface area contributed by atoms with Gasteiger partial charge in [0.05, 0.1) is 16.9 Å². The highest BCUT2D eigenvalue weighted by molar-refractivity contribution is 7.13. The van der Waals surface area contributed by atoms with E-state index in [2.05, 4.69) is 20.2 Å². The maximum absolute atomic E-state index is 5.28. The zero-order valence-corrected chi connectivity index (χ0v) is 11.7. The van der Waals surface area contributed by atoms with Crippen LogP contribution in [0.2, 0.25) is 0 Å². The summed E-state index contributed by atoms with van der Waals surface area (Å²) in [6.45, 7) is 6.41. The average molecular weight is 275 g/mol. The van der Waals surface area contributed by atoms with Crippen LogP contribution in [-0.4, -0.2) is 24.9 Å². The molecule has 0 spiro atoms. The van der Waals surface area contributed by atoms with E-state index in [0.717, 1.165) is 22.0 Å². The van der Waals surface area contributed by atoms with Gasteiger partial charge in [-0.2, -0.15) is 10.1 Å². The van der Waals surface area contributed by atoms with Crippen LogP contribution in [0.3, 0.4) is 0 Å². The molecule has 0 unspecified atom stereocenters. The molecule has 0 saturated carbocycles. The third kappa shape index (κ3) is 2.28. The van der Waals surface area contributed by atoms with Crippen LogP contribution in [0.4, 0.5) is 0 Å². The van der Waals surface area contributed by atoms with Gasteiger partial charge in [0.2, 0.25) is 0 Å². The molecule has 0 atom stereocenters. The summed E-state index contributed by atoms with van der Waals surface area (Å²) >= 11 is 1.50. The van der Waals surface area contributed by atoms with E-state index in [9.17, 15) is 0 Å². The van der Waals surface area contributed by atoms with Gasteiger partial charge in [-0.1, -0.05) is 5.16 Å². The summed E-state index contributed by atoms with van der Waals surface area (Å²) in [7, 11) is 0. The molecule has 7 heteroatoms. The minimum Gasteiger partial charge on any atom is -0.333 e. The maximum atomic E-state index is 5.28. The summed E-state index contributed by atoms with van der Waals surface area (Å²) in [5.41, 5.74) is 4.75. The molecule has 0 radical (unpaired) electrons. The van der Waals surface area contributed by atoms with Crippen LogP contribution >= 0.6 is 11.3 Å². The Balaban J connectivity index is 1.86. The van der Waals surface area contributed by atoms with Crippen LogP contribution in [0, 0.1) is 20.8 Å². The Morgan fingerprint density at radius 1 is 1.32 bits per heavy atom. The first kappa shape index (κ1) is 12.0. The molecule has 0 saturated heterocycles. The Morgan fingerprint density at radius 3 is 2.79 bits per heavy atom. The van der Waals surface area contributed by atoms with E-state index in [1.807, 2.05) is 31.5 Å². The number of rotatable bonds is 3. The van der Waals surface area contributed by atoms with Gasteiger partial charge in [-0.05, 0) is 26.8 Å². The summed E-state index contributed by atoms with van der Waals surface area (Å²) in [5.74, 6) is 1.14. The number of hydrogen-bond acceptors (Lipinski definition) is 6. The van der Waals surface area contributed by atoms with E-state index < -0.39 is 0 Å². The van der Waals surface area contributed by atoms with Crippen LogP contribution in [0.25, 0.3) is 10.8 Å². The van der Waals surface area contributed by atoms with Crippen molar-refractivity contribution in [3.8, 4) is 10.8 Å². The Hall–Kier alpha value is -2.02. The quantitative estimate of drug-likeness (QED) is 0.734. The van der Waals surface area contributed by atoms with Crippen molar-refractivity contribution in [3.63, 3.8) is 0 Å². The van der Waals surface area contributed by atoms with Crippen molar-refractivity contribution in [1.82, 2.24) is 24.9 Å². The van der Waals surface area contributed by atoms with E-state index in [-0.39, 0.29) is 0 Å². The first-order chi connectivity index (χ1) is 9.13. The van der Waals surface area contributed by atoms with Crippen LogP contribution in [-0.2, 0) is 6.54 Å². The molecule has 0 aliphatic heterocycles. The number of nitrogens with zero attached hydrogens (tertiary/aromatic N) is 5. The molecule has 0 aliphatic rings. The second-order valence-corrected chi connectivity index (χ2v) is 5.22. The van der Waals surface area contributed by atoms with E-state index in [0.29, 0.717) is 18.3 Å². The Morgan fingerprint density at radius 2 is 2.16 bits per heavy atom. The van der Waals surface area contributed by atoms with Crippen LogP contribution < -0.4 is 0 Å². The molecule has 6 nitrogen and oxygen atoms in total. The minimum absolute atomic E-state index is 0.515. The standard InChI is InChI=1S/C12H13N5OS/c1-7-4-8(2)17(15-7)5-10-14-12(18-16-10)11-9(3)13-6-19-11/h4,6H,5H2,1-3H3. The summed E-state index contributed by atoms with van der Waals surface area (Å²) in [4.78, 5) is 9.49. The second kappa shape index (κ2) is 4.58. The number of aryl methyl sites for hydroxylation is 3. The van der Waals surface area contributed by atoms with E-state index >= 15 is 0 Å². The molecular weight excluding hydrogens is 262 g/mol. The predicted molar refractivity (Wildman–Crippen MR) is 70.9 cm³/mol. The molecule has 98 valence electrons. The third-order valence-electron chi connectivity index (χ3n) is 2.80. The van der Waals surface area contributed by atoms with E-state index in [1.54, 1.807) is 5.51 Å². The third-order valence-corrected chi connectivity index (χ3v) is 3.72. The average Bonchev–Trinajstić information content (AvgIpc) is 3.02. The normalized spacial score (nSPS) is 11.1. The Bertz CT molecular complexity index is 711. The molecule has 0 bridgehead atoms. The van der Waals surface area contributed by atoms with Gasteiger partial charge in [0.25, 0.3) is 5.89 Å². The number of aromatic nitrogens is 5. The van der Waals surface area contributed by atoms with Crippen LogP contribution in [0.1, 0.15) is 22.9 Å². The number of hydrogen-bond donors (Lipinski definition) is 0. The topological polar surface area (TPSA) is 69.6 Å². The first-order valence-corrected chi connectivity index (χ1v) is 6.75. The maximum Gasteiger partial charge on any atom is 0.269 e. The molecule has 3 heterocycles. The van der Waals surface area contributed by atoms with Crippen molar-refractivity contribution >= 4 is 11.3 Å². The van der Waals surface area contributed by atoms with Gasteiger partial charge in [0.1, 0.15) is 11.4 Å². The zero-order valence-electron chi connectivity index (χ0n) is 10.9. The summed E-state index contributed by atoms with van der Waals surface area (Å²) < 4.78 is 7.14. The van der Waals surface area contributed by atoms with Gasteiger partial charge in [0, 0.05) is 5.69 Å². The van der Waals surface area contributed by atoms with Crippen molar-refractivity contribution in [3.05, 3.63) is 34.5 Å². The fraction of sp³-hybridized carbons (Fsp3) is 0.333. The molecular formula is C12H13N5OS. The highest BCUT2D eigenvalue weighted by Gasteiger charge is 2.14. The van der Waals surface area contributed by atoms with Crippen molar-refractivity contribution in [2.24, 2.45) is 0 Å². The molecule has 0 amide bonds. The van der Waals surface area contributed by atoms with E-state index in [1.165, 1.54) is 11.3 Å². The molecule has 19 heavy (non-hydrogen) atoms. The Kier molecular flexibility index (Phi) is 2.90. The first-order valence-electron chi connectivity index (χ1n) is 5.87. The largest absolute Gasteiger partial charge is 0.333 e. The van der Waals surface area contributed by atoms with Crippen LogP contribution in [0.15, 0.2) is 16.1 Å². The summed E-state index contributed by atoms with van der Waals surface area (Å²) in [6, 6.07) is 2.02. The van der Waals surface area contributed by atoms with Gasteiger partial charge in [-0.25, -0.2) is 4.98 Å². The molecule has 0 aromatic carbocycles. The predicted octanol–water partition coefficient (Wildman–Crippen LogP) is 2.36. The minimum atomic E-state index is 0.515. The second-order valence-electron chi connectivity index (χ2n) is 4.37. The lowest BCUT2D eigenvalue weighted by Gasteiger charge is -1.98. The lowest BCUT2D eigenvalue weighted by atomic mass is 10.4. The summed E-state index contributed by atoms with van der Waals surface area (Å²) in [5, 5.41) is 8.37. The SMILES string of the molecule is Cc1cc(C)n(Cc2noc(-c3scnc3C)n2)n1. The van der Waals surface area contributed by atoms with Crippen molar-refractivity contribution in [2.75, 3.05) is 0 Å². The number of thiazole rings is 1. The van der Waals surface area contributed by atoms with Crippen molar-refractivity contribution in [2.45, 2.75) is 27.3 Å². The summed E-state index contributed by atoms with van der Waals surface area (Å²) in [6.07, 6.45) is 0. The fourth-order valence-corrected chi connectivity index (χ4v) is 2.61. The lowest BCUT2D eigenvalue weighted by Crippen LogP contribution is -2.05. The molecule has 3 aromatic rings. The van der Waals surface area contributed by atoms with Gasteiger partial charge in [-0.15, -0.1) is 11.3 Å². The smallest absolute Gasteiger partial charge is 0.269 e. The highest BCUT2D eigenvalue weighted by Crippen LogP contribution is 2.25. The molecule has 0 fully saturated rings. The van der Waals surface area contributed by atoms with Crippen molar-refractivity contribution < 1.29 is 4.52 Å². The molecule has 0 N–H and O–H groups in total.